The zero-order valence-electron chi connectivity index (χ0n) is 51.2. The molecule has 0 radical (unpaired) electrons. The van der Waals surface area contributed by atoms with Crippen molar-refractivity contribution in [2.75, 3.05) is 71.4 Å². The molecule has 3 amide bonds. The Morgan fingerprint density at radius 1 is 0.644 bits per heavy atom. The van der Waals surface area contributed by atoms with Gasteiger partial charge in [-0.25, -0.2) is 36.0 Å². The summed E-state index contributed by atoms with van der Waals surface area (Å²) in [6.07, 6.45) is -4.27. The van der Waals surface area contributed by atoms with E-state index in [-0.39, 0.29) is 84.7 Å². The molecule has 2 unspecified atom stereocenters. The fraction of sp³-hybridized carbons (Fsp3) is 0.460. The molecule has 488 valence electrons. The second-order valence-electron chi connectivity index (χ2n) is 23.2. The number of non-ortho nitro benzene ring substituents is 1. The number of hydrogen-bond acceptors (Lipinski definition) is 19. The van der Waals surface area contributed by atoms with E-state index in [4.69, 9.17) is 44.6 Å². The minimum atomic E-state index is -4.27. The summed E-state index contributed by atoms with van der Waals surface area (Å²) in [5.41, 5.74) is 14.6. The van der Waals surface area contributed by atoms with Crippen molar-refractivity contribution < 1.29 is 74.1 Å². The average Bonchev–Trinajstić information content (AvgIpc) is 1.90. The van der Waals surface area contributed by atoms with Gasteiger partial charge in [0.15, 0.2) is 0 Å². The average molecular weight is 1290 g/mol. The van der Waals surface area contributed by atoms with Gasteiger partial charge in [0.25, 0.3) is 5.69 Å². The first-order valence-electron chi connectivity index (χ1n) is 29.9. The molecular formula is C63H82N8O17S2. The summed E-state index contributed by atoms with van der Waals surface area (Å²) in [4.78, 5) is 64.8. The van der Waals surface area contributed by atoms with Crippen molar-refractivity contribution in [1.82, 2.24) is 24.1 Å². The quantitative estimate of drug-likeness (QED) is 0.0102. The maximum Gasteiger partial charge on any atom is 0.514 e. The molecule has 25 nitrogen and oxygen atoms in total. The Bertz CT molecular complexity index is 3340. The van der Waals surface area contributed by atoms with Crippen LogP contribution in [0.5, 0.6) is 5.75 Å². The van der Waals surface area contributed by atoms with Gasteiger partial charge in [-0.1, -0.05) is 106 Å². The molecule has 3 aliphatic rings. The highest BCUT2D eigenvalue weighted by atomic mass is 32.2. The highest BCUT2D eigenvalue weighted by Gasteiger charge is 2.39. The first kappa shape index (κ1) is 69.6. The van der Waals surface area contributed by atoms with Crippen LogP contribution in [0, 0.1) is 28.9 Å². The van der Waals surface area contributed by atoms with E-state index in [0.717, 1.165) is 45.3 Å². The monoisotopic (exact) mass is 1290 g/mol. The number of nitrogens with one attached hydrogen (secondary N) is 2. The normalized spacial score (nSPS) is 18.0. The van der Waals surface area contributed by atoms with E-state index in [1.54, 1.807) is 24.3 Å². The molecule has 3 aliphatic heterocycles. The predicted octanol–water partition coefficient (Wildman–Crippen LogP) is 7.84. The number of sulfonamides is 2. The lowest BCUT2D eigenvalue weighted by Crippen LogP contribution is -2.54. The summed E-state index contributed by atoms with van der Waals surface area (Å²) in [7, 11) is -8.30. The number of aryl methyl sites for hydroxylation is 1. The molecule has 0 bridgehead atoms. The summed E-state index contributed by atoms with van der Waals surface area (Å²) < 4.78 is 97.3. The molecule has 5 aromatic carbocycles. The Morgan fingerprint density at radius 3 is 1.51 bits per heavy atom. The van der Waals surface area contributed by atoms with Gasteiger partial charge in [0.2, 0.25) is 20.0 Å². The van der Waals surface area contributed by atoms with Crippen molar-refractivity contribution in [2.45, 2.75) is 119 Å². The van der Waals surface area contributed by atoms with Crippen LogP contribution < -0.4 is 26.8 Å². The van der Waals surface area contributed by atoms with E-state index in [9.17, 15) is 46.1 Å². The lowest BCUT2D eigenvalue weighted by Gasteiger charge is -2.34. The smallest absolute Gasteiger partial charge is 0.444 e. The van der Waals surface area contributed by atoms with E-state index in [0.29, 0.717) is 57.9 Å². The summed E-state index contributed by atoms with van der Waals surface area (Å²) in [5, 5.41) is 16.9. The van der Waals surface area contributed by atoms with Crippen LogP contribution in [0.4, 0.5) is 30.6 Å². The van der Waals surface area contributed by atoms with Crippen LogP contribution >= 0.6 is 0 Å². The molecule has 27 heteroatoms. The van der Waals surface area contributed by atoms with Gasteiger partial charge in [-0.15, -0.1) is 0 Å². The number of rotatable bonds is 26. The maximum absolute atomic E-state index is 14.0. The van der Waals surface area contributed by atoms with Gasteiger partial charge in [0.1, 0.15) is 30.2 Å². The maximum atomic E-state index is 14.0. The summed E-state index contributed by atoms with van der Waals surface area (Å²) in [5.74, 6) is -0.00898. The Balaban J connectivity index is 0.000000257. The number of anilines is 1. The summed E-state index contributed by atoms with van der Waals surface area (Å²) in [6, 6.07) is 33.7. The van der Waals surface area contributed by atoms with Crippen LogP contribution in [-0.2, 0) is 61.3 Å². The van der Waals surface area contributed by atoms with E-state index >= 15 is 0 Å². The molecule has 7 atom stereocenters. The molecular weight excluding hydrogens is 1200 g/mol. The molecule has 3 saturated heterocycles. The number of nitrogens with two attached hydrogens (primary N) is 2. The van der Waals surface area contributed by atoms with Crippen molar-refractivity contribution in [3.63, 3.8) is 0 Å². The van der Waals surface area contributed by atoms with E-state index in [1.807, 2.05) is 95.3 Å². The summed E-state index contributed by atoms with van der Waals surface area (Å²) >= 11 is 0. The molecule has 0 aromatic heterocycles. The highest BCUT2D eigenvalue weighted by Crippen LogP contribution is 2.26. The van der Waals surface area contributed by atoms with Crippen LogP contribution in [0.25, 0.3) is 0 Å². The first-order valence-corrected chi connectivity index (χ1v) is 32.7. The molecule has 0 saturated carbocycles. The molecule has 6 N–H and O–H groups in total. The van der Waals surface area contributed by atoms with E-state index in [2.05, 4.69) is 10.6 Å². The number of nitrogen functional groups attached to an aromatic ring is 1. The minimum absolute atomic E-state index is 0.00804. The third kappa shape index (κ3) is 21.4. The predicted molar refractivity (Wildman–Crippen MR) is 333 cm³/mol. The number of hydrogen-bond donors (Lipinski definition) is 4. The van der Waals surface area contributed by atoms with Crippen LogP contribution in [0.3, 0.4) is 0 Å². The lowest BCUT2D eigenvalue weighted by molar-refractivity contribution is -0.384. The van der Waals surface area contributed by atoms with Crippen molar-refractivity contribution >= 4 is 55.9 Å². The number of amides is 3. The second kappa shape index (κ2) is 33.2. The van der Waals surface area contributed by atoms with Gasteiger partial charge < -0.3 is 60.2 Å². The Morgan fingerprint density at radius 2 is 1.10 bits per heavy atom. The standard InChI is InChI=1S/C33H39N3O10S.C30H43N5O7S/c1-23(2)20-35(47(41,42)29-15-11-26(12-16-29)36(39)40)21-31(46-33(38)45-27-13-9-24(3)10-14-27)30(19-25-7-5-4-6-8-25)34-32(37)44-28-17-18-43-22-28;1-21(2)17-35(43(38,39)26-10-8-23(31)9-11-26)19-28(42-30(37)34-14-12-24(32)18-34)27(16-22-6-4-3-5-7-22)33-29(36)41-25-13-15-40-20-25/h4-16,23,28,30-31H,17-22H2,1-3H3,(H,34,37);3-11,21,24-25,27-28H,12-20,31-32H2,1-2H3,(H,33,36)/t28?,30-,31?;24-,25-,27-,28+/m00/s1. The molecule has 5 aromatic rings. The molecule has 3 heterocycles. The van der Waals surface area contributed by atoms with E-state index in [1.165, 1.54) is 33.5 Å². The lowest BCUT2D eigenvalue weighted by atomic mass is 10.0. The Kier molecular flexibility index (Phi) is 25.7. The number of nitro benzene ring substituents is 1. The van der Waals surface area contributed by atoms with Gasteiger partial charge in [0, 0.05) is 62.9 Å². The number of benzene rings is 5. The summed E-state index contributed by atoms with van der Waals surface area (Å²) in [6.45, 7) is 11.1. The third-order valence-electron chi connectivity index (χ3n) is 14.7. The van der Waals surface area contributed by atoms with Crippen molar-refractivity contribution in [3.8, 4) is 5.75 Å². The SMILES string of the molecule is CC(C)CN(C[C@@H](OC(=O)N1CC[C@H](N)C1)[C@H](Cc1ccccc1)NC(=O)O[C@H]1CCOC1)S(=O)(=O)c1ccc(N)cc1.Cc1ccc(OC(=O)OC(CN(CC(C)C)S(=O)(=O)c2ccc([N+](=O)[O-])cc2)[C@H](Cc2ccccc2)NC(=O)OC2CCOC2)cc1. The Labute approximate surface area is 525 Å². The molecule has 0 aliphatic carbocycles. The Hall–Kier alpha value is -7.92. The number of ether oxygens (including phenoxy) is 7. The van der Waals surface area contributed by atoms with Crippen molar-refractivity contribution in [1.29, 1.82) is 0 Å². The van der Waals surface area contributed by atoms with Gasteiger partial charge >= 0.3 is 24.4 Å². The molecule has 0 spiro atoms. The number of carbonyl (C=O) groups excluding carboxylic acids is 4. The third-order valence-corrected chi connectivity index (χ3v) is 18.4. The van der Waals surface area contributed by atoms with Gasteiger partial charge in [-0.05, 0) is 97.7 Å². The molecule has 3 fully saturated rings. The molecule has 90 heavy (non-hydrogen) atoms. The van der Waals surface area contributed by atoms with Crippen LogP contribution in [0.2, 0.25) is 0 Å². The number of nitrogens with zero attached hydrogens (tertiary/aromatic N) is 4. The largest absolute Gasteiger partial charge is 0.514 e. The van der Waals surface area contributed by atoms with Gasteiger partial charge in [-0.3, -0.25) is 10.1 Å². The van der Waals surface area contributed by atoms with Crippen molar-refractivity contribution in [2.24, 2.45) is 17.6 Å². The highest BCUT2D eigenvalue weighted by molar-refractivity contribution is 7.89. The fourth-order valence-corrected chi connectivity index (χ4v) is 13.3. The zero-order chi connectivity index (χ0) is 65.0. The number of carbonyl (C=O) groups is 4. The van der Waals surface area contributed by atoms with Gasteiger partial charge in [-0.2, -0.15) is 8.61 Å². The van der Waals surface area contributed by atoms with Crippen LogP contribution in [-0.4, -0.2) is 168 Å². The first-order chi connectivity index (χ1) is 42.9. The minimum Gasteiger partial charge on any atom is -0.444 e. The topological polar surface area (TPSA) is 330 Å². The van der Waals surface area contributed by atoms with Crippen LogP contribution in [0.1, 0.15) is 63.6 Å². The van der Waals surface area contributed by atoms with E-state index < -0.39 is 85.9 Å². The number of likely N-dealkylation sites (tertiary alicyclic amines) is 1. The second-order valence-corrected chi connectivity index (χ2v) is 27.0. The number of alkyl carbamates (subject to hydrolysis) is 2. The van der Waals surface area contributed by atoms with Gasteiger partial charge in [0.05, 0.1) is 66.3 Å². The molecule has 8 rings (SSSR count). The fourth-order valence-electron chi connectivity index (χ4n) is 10.1. The zero-order valence-corrected chi connectivity index (χ0v) is 52.8. The van der Waals surface area contributed by atoms with Crippen LogP contribution in [0.15, 0.2) is 143 Å². The number of nitro groups is 1. The van der Waals surface area contributed by atoms with Crippen molar-refractivity contribution in [3.05, 3.63) is 160 Å².